The number of allylic oxidation sites excluding steroid dienone is 5. The predicted molar refractivity (Wildman–Crippen MR) is 333 cm³/mol. The number of unbranched alkanes of at least 4 members (excludes halogenated alkanes) is 32. The molecule has 0 radical (unpaired) electrons. The van der Waals surface area contributed by atoms with Crippen LogP contribution in [0, 0.1) is 0 Å². The molecule has 3 aliphatic heterocycles. The van der Waals surface area contributed by atoms with Gasteiger partial charge < -0.3 is 89.9 Å². The molecule has 12 N–H and O–H groups in total. The minimum atomic E-state index is -1.98. The fraction of sp³-hybridized carbons (Fsp3) is 0.896. The molecule has 504 valence electrons. The van der Waals surface area contributed by atoms with Crippen LogP contribution in [0.5, 0.6) is 0 Å². The van der Waals surface area contributed by atoms with Crippen LogP contribution in [0.15, 0.2) is 36.5 Å². The first-order valence-electron chi connectivity index (χ1n) is 34.2. The number of hydrogen-bond donors (Lipinski definition) is 12. The highest BCUT2D eigenvalue weighted by Crippen LogP contribution is 2.33. The number of aliphatic hydroxyl groups excluding tert-OH is 11. The van der Waals surface area contributed by atoms with Gasteiger partial charge in [0.25, 0.3) is 0 Å². The van der Waals surface area contributed by atoms with Gasteiger partial charge in [0, 0.05) is 6.42 Å². The number of ether oxygens (including phenoxy) is 6. The van der Waals surface area contributed by atoms with Crippen LogP contribution in [0.25, 0.3) is 0 Å². The van der Waals surface area contributed by atoms with E-state index in [-0.39, 0.29) is 18.9 Å². The van der Waals surface area contributed by atoms with Crippen molar-refractivity contribution in [2.45, 2.75) is 356 Å². The van der Waals surface area contributed by atoms with Gasteiger partial charge in [-0.1, -0.05) is 237 Å². The Morgan fingerprint density at radius 2 is 0.744 bits per heavy atom. The number of carbonyl (C=O) groups excluding carboxylic acids is 1. The van der Waals surface area contributed by atoms with E-state index in [9.17, 15) is 61.0 Å². The van der Waals surface area contributed by atoms with E-state index in [1.165, 1.54) is 167 Å². The second-order valence-electron chi connectivity index (χ2n) is 24.6. The molecule has 0 spiro atoms. The highest BCUT2D eigenvalue weighted by atomic mass is 16.8. The molecule has 0 saturated carbocycles. The van der Waals surface area contributed by atoms with E-state index in [1.807, 2.05) is 6.08 Å². The summed E-state index contributed by atoms with van der Waals surface area (Å²) in [5, 5.41) is 120. The fourth-order valence-electron chi connectivity index (χ4n) is 11.6. The first kappa shape index (κ1) is 78.3. The van der Waals surface area contributed by atoms with Gasteiger partial charge in [-0.15, -0.1) is 0 Å². The van der Waals surface area contributed by atoms with Crippen LogP contribution in [-0.4, -0.2) is 193 Å². The van der Waals surface area contributed by atoms with Gasteiger partial charge >= 0.3 is 0 Å². The maximum absolute atomic E-state index is 13.2. The molecule has 86 heavy (non-hydrogen) atoms. The summed E-state index contributed by atoms with van der Waals surface area (Å²) in [6.07, 6.45) is 30.5. The molecule has 3 aliphatic rings. The molecule has 19 heteroatoms. The van der Waals surface area contributed by atoms with Crippen molar-refractivity contribution < 1.29 is 89.4 Å². The maximum Gasteiger partial charge on any atom is 0.220 e. The van der Waals surface area contributed by atoms with Crippen LogP contribution in [-0.2, 0) is 33.2 Å². The predicted octanol–water partition coefficient (Wildman–Crippen LogP) is 8.44. The molecule has 3 rings (SSSR count). The van der Waals surface area contributed by atoms with Crippen molar-refractivity contribution in [3.05, 3.63) is 36.5 Å². The number of aliphatic hydroxyl groups is 11. The third kappa shape index (κ3) is 31.8. The molecule has 0 aromatic rings. The minimum absolute atomic E-state index is 0.232. The van der Waals surface area contributed by atoms with Crippen molar-refractivity contribution in [2.75, 3.05) is 26.4 Å². The number of rotatable bonds is 52. The van der Waals surface area contributed by atoms with E-state index in [1.54, 1.807) is 6.08 Å². The second kappa shape index (κ2) is 49.7. The third-order valence-electron chi connectivity index (χ3n) is 17.2. The molecule has 17 atom stereocenters. The van der Waals surface area contributed by atoms with Gasteiger partial charge in [-0.05, 0) is 44.9 Å². The van der Waals surface area contributed by atoms with E-state index in [2.05, 4.69) is 43.5 Å². The van der Waals surface area contributed by atoms with E-state index >= 15 is 0 Å². The van der Waals surface area contributed by atoms with Gasteiger partial charge in [0.05, 0.1) is 38.6 Å². The Morgan fingerprint density at radius 3 is 1.16 bits per heavy atom. The van der Waals surface area contributed by atoms with E-state index in [4.69, 9.17) is 28.4 Å². The molecule has 1 amide bonds. The highest BCUT2D eigenvalue weighted by Gasteiger charge is 2.53. The van der Waals surface area contributed by atoms with E-state index < -0.39 is 124 Å². The lowest BCUT2D eigenvalue weighted by molar-refractivity contribution is -0.379. The normalized spacial score (nSPS) is 29.0. The maximum atomic E-state index is 13.2. The van der Waals surface area contributed by atoms with Crippen molar-refractivity contribution in [2.24, 2.45) is 0 Å². The first-order valence-corrected chi connectivity index (χ1v) is 34.2. The van der Waals surface area contributed by atoms with Gasteiger partial charge in [0.1, 0.15) is 73.2 Å². The molecule has 3 heterocycles. The molecule has 0 bridgehead atoms. The summed E-state index contributed by atoms with van der Waals surface area (Å²) >= 11 is 0. The zero-order chi connectivity index (χ0) is 62.6. The van der Waals surface area contributed by atoms with Crippen molar-refractivity contribution >= 4 is 5.91 Å². The molecule has 19 nitrogen and oxygen atoms in total. The lowest BCUT2D eigenvalue weighted by Crippen LogP contribution is -2.66. The number of hydrogen-bond acceptors (Lipinski definition) is 18. The largest absolute Gasteiger partial charge is 0.394 e. The molecule has 17 unspecified atom stereocenters. The van der Waals surface area contributed by atoms with Crippen LogP contribution in [0.3, 0.4) is 0 Å². The molecule has 0 aliphatic carbocycles. The molecule has 0 aromatic heterocycles. The lowest BCUT2D eigenvalue weighted by atomic mass is 9.96. The summed E-state index contributed by atoms with van der Waals surface area (Å²) in [6.45, 7) is 1.66. The van der Waals surface area contributed by atoms with Crippen LogP contribution < -0.4 is 5.32 Å². The fourth-order valence-corrected chi connectivity index (χ4v) is 11.6. The standard InChI is InChI=1S/C67H123NO18/c1-3-5-7-9-11-13-14-15-16-17-18-19-20-21-22-23-24-25-26-27-28-29-30-31-32-33-34-35-36-37-38-40-42-44-51(72)50(68-55(73)45-43-41-39-12-10-8-6-4-2)49-81-65-61(79)58(76)63(53(47-70)83-65)86-67-62(80)59(77)64(54(48-71)84-67)85-66-60(78)57(75)56(74)52(46-69)82-66/h32-33,36-37,42,44,50-54,56-67,69-72,74-80H,3-31,34-35,38-41,43,45-49H2,1-2H3,(H,68,73)/b33-32+,37-36+,44-42+. The number of nitrogens with one attached hydrogen (secondary N) is 1. The smallest absolute Gasteiger partial charge is 0.220 e. The first-order chi connectivity index (χ1) is 41.8. The quantitative estimate of drug-likeness (QED) is 0.0201. The Kier molecular flexibility index (Phi) is 45.2. The van der Waals surface area contributed by atoms with E-state index in [0.717, 1.165) is 51.4 Å². The van der Waals surface area contributed by atoms with Crippen LogP contribution in [0.1, 0.15) is 251 Å². The van der Waals surface area contributed by atoms with Gasteiger partial charge in [-0.2, -0.15) is 0 Å². The molecular formula is C67H123NO18. The average molecular weight is 1230 g/mol. The van der Waals surface area contributed by atoms with Gasteiger partial charge in [-0.3, -0.25) is 4.79 Å². The third-order valence-corrected chi connectivity index (χ3v) is 17.2. The Morgan fingerprint density at radius 1 is 0.407 bits per heavy atom. The van der Waals surface area contributed by atoms with Crippen molar-refractivity contribution in [1.29, 1.82) is 0 Å². The molecule has 0 aromatic carbocycles. The average Bonchev–Trinajstić information content (AvgIpc) is 1.19. The zero-order valence-corrected chi connectivity index (χ0v) is 53.0. The summed E-state index contributed by atoms with van der Waals surface area (Å²) in [4.78, 5) is 13.2. The summed E-state index contributed by atoms with van der Waals surface area (Å²) in [5.74, 6) is -0.294. The Labute approximate surface area is 517 Å². The van der Waals surface area contributed by atoms with Crippen molar-refractivity contribution in [3.8, 4) is 0 Å². The van der Waals surface area contributed by atoms with Gasteiger partial charge in [0.2, 0.25) is 5.91 Å². The van der Waals surface area contributed by atoms with Crippen LogP contribution in [0.2, 0.25) is 0 Å². The van der Waals surface area contributed by atoms with Gasteiger partial charge in [-0.25, -0.2) is 0 Å². The molecule has 3 fully saturated rings. The summed E-state index contributed by atoms with van der Waals surface area (Å²) < 4.78 is 34.2. The SMILES string of the molecule is CCCCCCCCCCCCCCCCCCCCCCCCC/C=C/CC/C=C/CC/C=C/C(O)C(COC1OC(CO)C(OC2OC(CO)C(OC3OC(CO)C(O)C(O)C3O)C(O)C2O)C(O)C1O)NC(=O)CCCCCCCCCC. The van der Waals surface area contributed by atoms with Gasteiger partial charge in [0.15, 0.2) is 18.9 Å². The minimum Gasteiger partial charge on any atom is -0.394 e. The highest BCUT2D eigenvalue weighted by molar-refractivity contribution is 5.76. The molecular weight excluding hydrogens is 1110 g/mol. The monoisotopic (exact) mass is 1230 g/mol. The Bertz CT molecular complexity index is 1710. The van der Waals surface area contributed by atoms with Crippen molar-refractivity contribution in [1.82, 2.24) is 5.32 Å². The van der Waals surface area contributed by atoms with Crippen LogP contribution in [0.4, 0.5) is 0 Å². The molecule has 3 saturated heterocycles. The summed E-state index contributed by atoms with van der Waals surface area (Å²) in [5.41, 5.74) is 0. The Balaban J connectivity index is 1.36. The number of amides is 1. The lowest BCUT2D eigenvalue weighted by Gasteiger charge is -2.48. The second-order valence-corrected chi connectivity index (χ2v) is 24.6. The Hall–Kier alpha value is -1.99. The number of carbonyl (C=O) groups is 1. The zero-order valence-electron chi connectivity index (χ0n) is 53.0. The van der Waals surface area contributed by atoms with E-state index in [0.29, 0.717) is 12.8 Å². The van der Waals surface area contributed by atoms with Crippen molar-refractivity contribution in [3.63, 3.8) is 0 Å². The summed E-state index contributed by atoms with van der Waals surface area (Å²) in [6, 6.07) is -0.992. The summed E-state index contributed by atoms with van der Waals surface area (Å²) in [7, 11) is 0. The topological polar surface area (TPSA) is 307 Å². The van der Waals surface area contributed by atoms with Crippen LogP contribution >= 0.6 is 0 Å².